The second-order valence-electron chi connectivity index (χ2n) is 9.03. The fourth-order valence-corrected chi connectivity index (χ4v) is 6.18. The monoisotopic (exact) mass is 551 g/mol. The Bertz CT molecular complexity index is 1590. The number of carbonyl (C=O) groups is 2. The third-order valence-electron chi connectivity index (χ3n) is 6.44. The Morgan fingerprint density at radius 2 is 1.66 bits per heavy atom. The number of furan rings is 1. The van der Waals surface area contributed by atoms with Crippen LogP contribution in [0, 0.1) is 0 Å². The molecule has 0 atom stereocenters. The van der Waals surface area contributed by atoms with E-state index >= 15 is 0 Å². The molecule has 3 aromatic carbocycles. The van der Waals surface area contributed by atoms with Crippen LogP contribution in [0.2, 0.25) is 5.02 Å². The first-order chi connectivity index (χ1) is 18.3. The highest BCUT2D eigenvalue weighted by Gasteiger charge is 2.26. The number of amides is 1. The number of benzene rings is 3. The van der Waals surface area contributed by atoms with Crippen molar-refractivity contribution in [1.82, 2.24) is 4.31 Å². The zero-order valence-corrected chi connectivity index (χ0v) is 22.0. The summed E-state index contributed by atoms with van der Waals surface area (Å²) in [6.07, 6.45) is 2.73. The van der Waals surface area contributed by atoms with Gasteiger partial charge in [0.05, 0.1) is 17.1 Å². The molecule has 0 saturated carbocycles. The molecular weight excluding hydrogens is 526 g/mol. The molecule has 0 radical (unpaired) electrons. The number of Topliss-reactive ketones (excluding diaryl/α,β-unsaturated/α-hetero) is 1. The third-order valence-corrected chi connectivity index (χ3v) is 8.59. The fraction of sp³-hybridized carbons (Fsp3) is 0.214. The van der Waals surface area contributed by atoms with E-state index in [4.69, 9.17) is 16.0 Å². The van der Waals surface area contributed by atoms with E-state index in [2.05, 4.69) is 10.6 Å². The number of sulfonamides is 1. The van der Waals surface area contributed by atoms with Crippen molar-refractivity contribution in [2.24, 2.45) is 0 Å². The highest BCUT2D eigenvalue weighted by atomic mass is 35.5. The molecule has 196 valence electrons. The predicted molar refractivity (Wildman–Crippen MR) is 147 cm³/mol. The van der Waals surface area contributed by atoms with Crippen molar-refractivity contribution in [3.05, 3.63) is 89.1 Å². The third kappa shape index (κ3) is 5.45. The predicted octanol–water partition coefficient (Wildman–Crippen LogP) is 5.81. The standard InChI is InChI=1S/C28H26ClN3O5S/c29-20-7-6-8-21(17-20)31-28(34)27-26(23-9-2-3-10-25(23)37-27)30-18-24(33)19-11-13-22(14-12-19)38(35,36)32-15-4-1-5-16-32/h2-3,6-14,17,30H,1,4-5,15-16,18H2,(H,31,34). The van der Waals surface area contributed by atoms with Gasteiger partial charge in [0, 0.05) is 34.7 Å². The SMILES string of the molecule is O=C(CNc1c(C(=O)Nc2cccc(Cl)c2)oc2ccccc12)c1ccc(S(=O)(=O)N2CCCCC2)cc1. The molecule has 2 N–H and O–H groups in total. The smallest absolute Gasteiger partial charge is 0.293 e. The Labute approximate surface area is 225 Å². The van der Waals surface area contributed by atoms with E-state index in [1.165, 1.54) is 28.6 Å². The molecule has 1 amide bonds. The van der Waals surface area contributed by atoms with Gasteiger partial charge in [-0.1, -0.05) is 36.2 Å². The summed E-state index contributed by atoms with van der Waals surface area (Å²) in [5.74, 6) is -0.731. The quantitative estimate of drug-likeness (QED) is 0.268. The van der Waals surface area contributed by atoms with Crippen molar-refractivity contribution in [3.63, 3.8) is 0 Å². The molecule has 5 rings (SSSR count). The number of ketones is 1. The molecule has 1 saturated heterocycles. The summed E-state index contributed by atoms with van der Waals surface area (Å²) >= 11 is 6.03. The summed E-state index contributed by atoms with van der Waals surface area (Å²) in [5.41, 5.74) is 1.74. The maximum atomic E-state index is 13.1. The molecule has 1 aliphatic rings. The lowest BCUT2D eigenvalue weighted by Crippen LogP contribution is -2.35. The number of piperidine rings is 1. The molecule has 1 aliphatic heterocycles. The van der Waals surface area contributed by atoms with E-state index < -0.39 is 15.9 Å². The van der Waals surface area contributed by atoms with Crippen LogP contribution in [0.25, 0.3) is 11.0 Å². The van der Waals surface area contributed by atoms with E-state index in [-0.39, 0.29) is 23.0 Å². The largest absolute Gasteiger partial charge is 0.449 e. The number of fused-ring (bicyclic) bond motifs is 1. The summed E-state index contributed by atoms with van der Waals surface area (Å²) in [6.45, 7) is 0.900. The summed E-state index contributed by atoms with van der Waals surface area (Å²) in [7, 11) is -3.58. The molecule has 0 aliphatic carbocycles. The van der Waals surface area contributed by atoms with Crippen molar-refractivity contribution in [2.45, 2.75) is 24.2 Å². The highest BCUT2D eigenvalue weighted by Crippen LogP contribution is 2.32. The number of carbonyl (C=O) groups excluding carboxylic acids is 2. The highest BCUT2D eigenvalue weighted by molar-refractivity contribution is 7.89. The van der Waals surface area contributed by atoms with E-state index in [1.54, 1.807) is 42.5 Å². The molecule has 1 aromatic heterocycles. The Balaban J connectivity index is 1.33. The van der Waals surface area contributed by atoms with Crippen LogP contribution in [0.3, 0.4) is 0 Å². The van der Waals surface area contributed by atoms with Gasteiger partial charge in [0.2, 0.25) is 15.8 Å². The summed E-state index contributed by atoms with van der Waals surface area (Å²) in [6, 6.07) is 19.8. The molecular formula is C28H26ClN3O5S. The summed E-state index contributed by atoms with van der Waals surface area (Å²) in [5, 5.41) is 6.95. The number of rotatable bonds is 8. The Kier molecular flexibility index (Phi) is 7.51. The number of hydrogen-bond donors (Lipinski definition) is 2. The van der Waals surface area contributed by atoms with Crippen LogP contribution in [0.5, 0.6) is 0 Å². The van der Waals surface area contributed by atoms with Gasteiger partial charge in [-0.3, -0.25) is 9.59 Å². The molecule has 2 heterocycles. The molecule has 4 aromatic rings. The second-order valence-corrected chi connectivity index (χ2v) is 11.4. The number of anilines is 2. The average molecular weight is 552 g/mol. The molecule has 0 unspecified atom stereocenters. The van der Waals surface area contributed by atoms with Crippen molar-refractivity contribution >= 4 is 55.7 Å². The lowest BCUT2D eigenvalue weighted by atomic mass is 10.1. The first-order valence-electron chi connectivity index (χ1n) is 12.3. The van der Waals surface area contributed by atoms with Crippen molar-refractivity contribution in [2.75, 3.05) is 30.3 Å². The van der Waals surface area contributed by atoms with E-state index in [1.807, 2.05) is 6.07 Å². The van der Waals surface area contributed by atoms with E-state index in [0.29, 0.717) is 46.0 Å². The van der Waals surface area contributed by atoms with Gasteiger partial charge in [-0.05, 0) is 67.4 Å². The van der Waals surface area contributed by atoms with Gasteiger partial charge in [-0.15, -0.1) is 0 Å². The number of hydrogen-bond acceptors (Lipinski definition) is 6. The Morgan fingerprint density at radius 3 is 2.39 bits per heavy atom. The first-order valence-corrected chi connectivity index (χ1v) is 14.1. The zero-order valence-electron chi connectivity index (χ0n) is 20.4. The average Bonchev–Trinajstić information content (AvgIpc) is 3.31. The van der Waals surface area contributed by atoms with Crippen LogP contribution in [-0.2, 0) is 10.0 Å². The lowest BCUT2D eigenvalue weighted by Gasteiger charge is -2.25. The molecule has 0 spiro atoms. The molecule has 8 nitrogen and oxygen atoms in total. The Hall–Kier alpha value is -3.66. The number of para-hydroxylation sites is 1. The van der Waals surface area contributed by atoms with Gasteiger partial charge in [0.1, 0.15) is 5.58 Å². The van der Waals surface area contributed by atoms with E-state index in [0.717, 1.165) is 19.3 Å². The minimum atomic E-state index is -3.58. The lowest BCUT2D eigenvalue weighted by molar-refractivity contribution is 0.0991. The normalized spacial score (nSPS) is 14.3. The van der Waals surface area contributed by atoms with E-state index in [9.17, 15) is 18.0 Å². The van der Waals surface area contributed by atoms with Crippen molar-refractivity contribution in [3.8, 4) is 0 Å². The molecule has 10 heteroatoms. The topological polar surface area (TPSA) is 109 Å². The van der Waals surface area contributed by atoms with Gasteiger partial charge in [0.15, 0.2) is 5.78 Å². The van der Waals surface area contributed by atoms with Gasteiger partial charge in [0.25, 0.3) is 5.91 Å². The maximum absolute atomic E-state index is 13.1. The number of nitrogens with one attached hydrogen (secondary N) is 2. The molecule has 0 bridgehead atoms. The van der Waals surface area contributed by atoms with Crippen LogP contribution >= 0.6 is 11.6 Å². The van der Waals surface area contributed by atoms with Crippen LogP contribution in [-0.4, -0.2) is 44.0 Å². The minimum absolute atomic E-state index is 0.0296. The maximum Gasteiger partial charge on any atom is 0.293 e. The van der Waals surface area contributed by atoms with Gasteiger partial charge in [-0.2, -0.15) is 4.31 Å². The molecule has 1 fully saturated rings. The summed E-state index contributed by atoms with van der Waals surface area (Å²) < 4.78 is 33.1. The minimum Gasteiger partial charge on any atom is -0.449 e. The Morgan fingerprint density at radius 1 is 0.921 bits per heavy atom. The first kappa shape index (κ1) is 26.0. The molecule has 38 heavy (non-hydrogen) atoms. The zero-order chi connectivity index (χ0) is 26.7. The van der Waals surface area contributed by atoms with Gasteiger partial charge >= 0.3 is 0 Å². The van der Waals surface area contributed by atoms with Gasteiger partial charge in [-0.25, -0.2) is 8.42 Å². The van der Waals surface area contributed by atoms with Crippen LogP contribution in [0.15, 0.2) is 82.1 Å². The second kappa shape index (κ2) is 11.0. The van der Waals surface area contributed by atoms with Crippen LogP contribution in [0.1, 0.15) is 40.2 Å². The van der Waals surface area contributed by atoms with Crippen molar-refractivity contribution in [1.29, 1.82) is 0 Å². The van der Waals surface area contributed by atoms with Crippen LogP contribution in [0.4, 0.5) is 11.4 Å². The number of halogens is 1. The van der Waals surface area contributed by atoms with Crippen molar-refractivity contribution < 1.29 is 22.4 Å². The van der Waals surface area contributed by atoms with Gasteiger partial charge < -0.3 is 15.1 Å². The summed E-state index contributed by atoms with van der Waals surface area (Å²) in [4.78, 5) is 26.2. The number of nitrogens with zero attached hydrogens (tertiary/aromatic N) is 1. The van der Waals surface area contributed by atoms with Crippen LogP contribution < -0.4 is 10.6 Å². The fourth-order valence-electron chi connectivity index (χ4n) is 4.47.